The number of benzene rings is 1. The smallest absolute Gasteiger partial charge is 0.252 e. The first kappa shape index (κ1) is 7.09. The molecule has 62 valence electrons. The lowest BCUT2D eigenvalue weighted by atomic mass is 10.1. The van der Waals surface area contributed by atoms with Crippen LogP contribution in [0.15, 0.2) is 12.1 Å². The molecule has 0 unspecified atom stereocenters. The van der Waals surface area contributed by atoms with Crippen LogP contribution in [0.5, 0.6) is 5.75 Å². The predicted octanol–water partition coefficient (Wildman–Crippen LogP) is 0.775. The maximum Gasteiger partial charge on any atom is 0.252 e. The first-order valence-corrected chi connectivity index (χ1v) is 3.48. The quantitative estimate of drug-likeness (QED) is 0.599. The predicted molar refractivity (Wildman–Crippen MR) is 39.2 cm³/mol. The van der Waals surface area contributed by atoms with Crippen LogP contribution in [0.4, 0.5) is 4.39 Å². The van der Waals surface area contributed by atoms with Crippen molar-refractivity contribution in [3.05, 3.63) is 29.1 Å². The average Bonchev–Trinajstić information content (AvgIpc) is 2.35. The van der Waals surface area contributed by atoms with Crippen LogP contribution in [0.2, 0.25) is 0 Å². The van der Waals surface area contributed by atoms with Crippen LogP contribution in [-0.4, -0.2) is 11.0 Å². The van der Waals surface area contributed by atoms with E-state index in [0.29, 0.717) is 17.7 Å². The molecule has 0 aromatic heterocycles. The van der Waals surface area contributed by atoms with Crippen molar-refractivity contribution in [1.82, 2.24) is 5.32 Å². The molecule has 0 atom stereocenters. The minimum atomic E-state index is -0.759. The molecule has 1 amide bonds. The summed E-state index contributed by atoms with van der Waals surface area (Å²) < 4.78 is 12.7. The van der Waals surface area contributed by atoms with E-state index in [9.17, 15) is 9.18 Å². The summed E-state index contributed by atoms with van der Waals surface area (Å²) in [6.07, 6.45) is 0. The van der Waals surface area contributed by atoms with Gasteiger partial charge in [-0.3, -0.25) is 4.79 Å². The minimum absolute atomic E-state index is 0.288. The molecule has 0 fully saturated rings. The lowest BCUT2D eigenvalue weighted by Gasteiger charge is -1.97. The Hall–Kier alpha value is -1.58. The monoisotopic (exact) mass is 167 g/mol. The van der Waals surface area contributed by atoms with Crippen molar-refractivity contribution in [3.63, 3.8) is 0 Å². The molecule has 2 N–H and O–H groups in total. The summed E-state index contributed by atoms with van der Waals surface area (Å²) in [5.74, 6) is -1.46. The number of rotatable bonds is 0. The number of amides is 1. The first-order chi connectivity index (χ1) is 5.68. The number of carbonyl (C=O) groups is 1. The van der Waals surface area contributed by atoms with Crippen molar-refractivity contribution < 1.29 is 14.3 Å². The highest BCUT2D eigenvalue weighted by molar-refractivity contribution is 5.98. The fourth-order valence-corrected chi connectivity index (χ4v) is 1.23. The normalized spacial score (nSPS) is 14.2. The molecule has 1 aliphatic rings. The fourth-order valence-electron chi connectivity index (χ4n) is 1.23. The summed E-state index contributed by atoms with van der Waals surface area (Å²) in [6.45, 7) is 0.363. The van der Waals surface area contributed by atoms with Gasteiger partial charge < -0.3 is 10.4 Å². The molecule has 1 aliphatic heterocycles. The molecule has 3 nitrogen and oxygen atoms in total. The number of nitrogens with one attached hydrogen (secondary N) is 1. The van der Waals surface area contributed by atoms with E-state index in [1.807, 2.05) is 0 Å². The van der Waals surface area contributed by atoms with Crippen LogP contribution in [0.1, 0.15) is 15.9 Å². The molecule has 0 aliphatic carbocycles. The van der Waals surface area contributed by atoms with Gasteiger partial charge in [-0.25, -0.2) is 4.39 Å². The summed E-state index contributed by atoms with van der Waals surface area (Å²) in [4.78, 5) is 11.0. The number of phenols is 1. The van der Waals surface area contributed by atoms with Crippen LogP contribution < -0.4 is 5.32 Å². The number of hydrogen-bond acceptors (Lipinski definition) is 2. The van der Waals surface area contributed by atoms with Gasteiger partial charge in [0, 0.05) is 12.1 Å². The van der Waals surface area contributed by atoms with Crippen LogP contribution in [0, 0.1) is 5.82 Å². The Morgan fingerprint density at radius 2 is 2.25 bits per heavy atom. The molecular formula is C8H6FNO2. The van der Waals surface area contributed by atoms with E-state index in [1.165, 1.54) is 6.07 Å². The lowest BCUT2D eigenvalue weighted by Crippen LogP contribution is -2.12. The van der Waals surface area contributed by atoms with Gasteiger partial charge in [0.25, 0.3) is 5.91 Å². The number of hydrogen-bond donors (Lipinski definition) is 2. The molecule has 0 spiro atoms. The summed E-state index contributed by atoms with van der Waals surface area (Å²) in [5, 5.41) is 11.5. The van der Waals surface area contributed by atoms with Crippen molar-refractivity contribution >= 4 is 5.91 Å². The first-order valence-electron chi connectivity index (χ1n) is 3.48. The fraction of sp³-hybridized carbons (Fsp3) is 0.125. The van der Waals surface area contributed by atoms with E-state index >= 15 is 0 Å². The third-order valence-electron chi connectivity index (χ3n) is 1.86. The van der Waals surface area contributed by atoms with Crippen molar-refractivity contribution in [3.8, 4) is 5.75 Å². The van der Waals surface area contributed by atoms with Gasteiger partial charge in [-0.2, -0.15) is 0 Å². The Morgan fingerprint density at radius 1 is 1.50 bits per heavy atom. The second-order valence-corrected chi connectivity index (χ2v) is 2.64. The van der Waals surface area contributed by atoms with Crippen molar-refractivity contribution in [2.45, 2.75) is 6.54 Å². The third-order valence-corrected chi connectivity index (χ3v) is 1.86. The maximum atomic E-state index is 12.7. The Morgan fingerprint density at radius 3 is 3.00 bits per heavy atom. The average molecular weight is 167 g/mol. The van der Waals surface area contributed by atoms with Crippen LogP contribution in [0.25, 0.3) is 0 Å². The molecule has 0 saturated carbocycles. The molecule has 0 radical (unpaired) electrons. The van der Waals surface area contributed by atoms with Crippen LogP contribution >= 0.6 is 0 Å². The summed E-state index contributed by atoms with van der Waals surface area (Å²) in [6, 6.07) is 2.32. The topological polar surface area (TPSA) is 49.3 Å². The number of halogens is 1. The largest absolute Gasteiger partial charge is 0.505 e. The second kappa shape index (κ2) is 2.20. The van der Waals surface area contributed by atoms with Gasteiger partial charge in [0.1, 0.15) is 0 Å². The Kier molecular flexibility index (Phi) is 1.30. The molecule has 1 heterocycles. The van der Waals surface area contributed by atoms with Gasteiger partial charge in [0.15, 0.2) is 11.6 Å². The number of aromatic hydroxyl groups is 1. The maximum absolute atomic E-state index is 12.7. The van der Waals surface area contributed by atoms with Gasteiger partial charge in [-0.15, -0.1) is 0 Å². The number of fused-ring (bicyclic) bond motifs is 1. The molecule has 4 heteroatoms. The number of phenolic OH excluding ortho intramolecular Hbond substituents is 1. The molecule has 1 aromatic rings. The zero-order valence-electron chi connectivity index (χ0n) is 6.10. The van der Waals surface area contributed by atoms with E-state index < -0.39 is 11.6 Å². The Labute approximate surface area is 67.8 Å². The molecule has 2 rings (SSSR count). The van der Waals surface area contributed by atoms with Crippen LogP contribution in [-0.2, 0) is 6.54 Å². The third kappa shape index (κ3) is 0.845. The molecular weight excluding hydrogens is 161 g/mol. The molecule has 1 aromatic carbocycles. The molecule has 12 heavy (non-hydrogen) atoms. The lowest BCUT2D eigenvalue weighted by molar-refractivity contribution is 0.0965. The van der Waals surface area contributed by atoms with Crippen molar-refractivity contribution in [2.75, 3.05) is 0 Å². The SMILES string of the molecule is O=C1NCc2cc(O)c(F)cc21. The number of carbonyl (C=O) groups excluding carboxylic acids is 1. The minimum Gasteiger partial charge on any atom is -0.505 e. The highest BCUT2D eigenvalue weighted by Crippen LogP contribution is 2.23. The molecule has 0 bridgehead atoms. The highest BCUT2D eigenvalue weighted by Gasteiger charge is 2.20. The zero-order valence-corrected chi connectivity index (χ0v) is 6.10. The van der Waals surface area contributed by atoms with Gasteiger partial charge >= 0.3 is 0 Å². The zero-order chi connectivity index (χ0) is 8.72. The molecule has 0 saturated heterocycles. The van der Waals surface area contributed by atoms with E-state index in [0.717, 1.165) is 6.07 Å². The summed E-state index contributed by atoms with van der Waals surface area (Å²) in [5.41, 5.74) is 0.948. The second-order valence-electron chi connectivity index (χ2n) is 2.64. The van der Waals surface area contributed by atoms with E-state index in [-0.39, 0.29) is 5.91 Å². The van der Waals surface area contributed by atoms with E-state index in [1.54, 1.807) is 0 Å². The van der Waals surface area contributed by atoms with E-state index in [2.05, 4.69) is 5.32 Å². The standard InChI is InChI=1S/C8H6FNO2/c9-6-2-5-4(1-7(6)11)3-10-8(5)12/h1-2,11H,3H2,(H,10,12). The Balaban J connectivity index is 2.63. The summed E-state index contributed by atoms with van der Waals surface area (Å²) >= 11 is 0. The van der Waals surface area contributed by atoms with Gasteiger partial charge in [-0.1, -0.05) is 0 Å². The Bertz CT molecular complexity index is 362. The van der Waals surface area contributed by atoms with Gasteiger partial charge in [-0.05, 0) is 17.7 Å². The van der Waals surface area contributed by atoms with Gasteiger partial charge in [0.2, 0.25) is 0 Å². The summed E-state index contributed by atoms with van der Waals surface area (Å²) in [7, 11) is 0. The van der Waals surface area contributed by atoms with Crippen LogP contribution in [0.3, 0.4) is 0 Å². The van der Waals surface area contributed by atoms with Crippen molar-refractivity contribution in [1.29, 1.82) is 0 Å². The van der Waals surface area contributed by atoms with Gasteiger partial charge in [0.05, 0.1) is 0 Å². The van der Waals surface area contributed by atoms with Crippen molar-refractivity contribution in [2.24, 2.45) is 0 Å². The highest BCUT2D eigenvalue weighted by atomic mass is 19.1. The van der Waals surface area contributed by atoms with E-state index in [4.69, 9.17) is 5.11 Å².